The zero-order chi connectivity index (χ0) is 20.7. The first kappa shape index (κ1) is 21.3. The lowest BCUT2D eigenvalue weighted by Crippen LogP contribution is -2.24. The molecule has 0 heterocycles. The van der Waals surface area contributed by atoms with E-state index < -0.39 is 0 Å². The van der Waals surface area contributed by atoms with Crippen LogP contribution in [0.25, 0.3) is 0 Å². The fourth-order valence-corrected chi connectivity index (χ4v) is 3.05. The molecule has 2 amide bonds. The Morgan fingerprint density at radius 2 is 1.64 bits per heavy atom. The number of anilines is 1. The second kappa shape index (κ2) is 9.78. The van der Waals surface area contributed by atoms with Gasteiger partial charge >= 0.3 is 0 Å². The highest BCUT2D eigenvalue weighted by Crippen LogP contribution is 2.34. The molecule has 0 aliphatic heterocycles. The van der Waals surface area contributed by atoms with Crippen molar-refractivity contribution in [2.24, 2.45) is 0 Å². The molecule has 0 bridgehead atoms. The molecule has 6 nitrogen and oxygen atoms in total. The molecule has 2 aromatic carbocycles. The van der Waals surface area contributed by atoms with Crippen LogP contribution in [0.15, 0.2) is 42.5 Å². The van der Waals surface area contributed by atoms with Crippen LogP contribution in [0, 0.1) is 0 Å². The van der Waals surface area contributed by atoms with Gasteiger partial charge in [0.2, 0.25) is 5.91 Å². The van der Waals surface area contributed by atoms with Crippen molar-refractivity contribution in [1.82, 2.24) is 4.90 Å². The van der Waals surface area contributed by atoms with E-state index in [0.717, 1.165) is 12.0 Å². The smallest absolute Gasteiger partial charge is 0.255 e. The first-order valence-electron chi connectivity index (χ1n) is 9.23. The van der Waals surface area contributed by atoms with Gasteiger partial charge in [-0.05, 0) is 24.0 Å². The van der Waals surface area contributed by atoms with Gasteiger partial charge in [-0.15, -0.1) is 0 Å². The zero-order valence-electron chi connectivity index (χ0n) is 17.1. The highest BCUT2D eigenvalue weighted by molar-refractivity contribution is 6.04. The lowest BCUT2D eigenvalue weighted by atomic mass is 9.93. The SMILES string of the molecule is CCC(CC(=O)Nc1cc(OC)c(OC)cc1C(=O)N(C)C)c1ccccc1. The molecule has 0 radical (unpaired) electrons. The molecule has 2 rings (SSSR count). The first-order chi connectivity index (χ1) is 13.4. The number of carbonyl (C=O) groups excluding carboxylic acids is 2. The number of amides is 2. The third-order valence-corrected chi connectivity index (χ3v) is 4.63. The third-order valence-electron chi connectivity index (χ3n) is 4.63. The topological polar surface area (TPSA) is 67.9 Å². The van der Waals surface area contributed by atoms with Gasteiger partial charge in [-0.25, -0.2) is 0 Å². The minimum absolute atomic E-state index is 0.106. The summed E-state index contributed by atoms with van der Waals surface area (Å²) < 4.78 is 10.6. The summed E-state index contributed by atoms with van der Waals surface area (Å²) in [7, 11) is 6.34. The number of hydrogen-bond donors (Lipinski definition) is 1. The van der Waals surface area contributed by atoms with Gasteiger partial charge < -0.3 is 19.7 Å². The van der Waals surface area contributed by atoms with Crippen LogP contribution in [-0.2, 0) is 4.79 Å². The second-order valence-electron chi connectivity index (χ2n) is 6.72. The molecular weight excluding hydrogens is 356 g/mol. The maximum atomic E-state index is 12.7. The quantitative estimate of drug-likeness (QED) is 0.749. The van der Waals surface area contributed by atoms with Crippen molar-refractivity contribution in [2.75, 3.05) is 33.6 Å². The van der Waals surface area contributed by atoms with Crippen LogP contribution in [0.4, 0.5) is 5.69 Å². The molecule has 0 aliphatic carbocycles. The number of methoxy groups -OCH3 is 2. The Hall–Kier alpha value is -3.02. The monoisotopic (exact) mass is 384 g/mol. The van der Waals surface area contributed by atoms with Crippen LogP contribution in [0.2, 0.25) is 0 Å². The molecule has 0 saturated heterocycles. The van der Waals surface area contributed by atoms with Crippen molar-refractivity contribution in [3.8, 4) is 11.5 Å². The number of nitrogens with zero attached hydrogens (tertiary/aromatic N) is 1. The zero-order valence-corrected chi connectivity index (χ0v) is 17.1. The van der Waals surface area contributed by atoms with Crippen molar-refractivity contribution in [3.05, 3.63) is 53.6 Å². The average molecular weight is 384 g/mol. The Kier molecular flexibility index (Phi) is 7.44. The summed E-state index contributed by atoms with van der Waals surface area (Å²) in [5.74, 6) is 0.598. The number of carbonyl (C=O) groups is 2. The van der Waals surface area contributed by atoms with E-state index in [1.165, 1.54) is 19.1 Å². The van der Waals surface area contributed by atoms with Gasteiger partial charge in [0.05, 0.1) is 25.5 Å². The summed E-state index contributed by atoms with van der Waals surface area (Å²) in [6.45, 7) is 2.06. The molecular formula is C22H28N2O4. The minimum Gasteiger partial charge on any atom is -0.493 e. The Morgan fingerprint density at radius 1 is 1.04 bits per heavy atom. The number of ether oxygens (including phenoxy) is 2. The second-order valence-corrected chi connectivity index (χ2v) is 6.72. The van der Waals surface area contributed by atoms with E-state index in [4.69, 9.17) is 9.47 Å². The van der Waals surface area contributed by atoms with Crippen molar-refractivity contribution < 1.29 is 19.1 Å². The highest BCUT2D eigenvalue weighted by atomic mass is 16.5. The van der Waals surface area contributed by atoms with Crippen LogP contribution in [0.3, 0.4) is 0 Å². The Bertz CT molecular complexity index is 819. The summed E-state index contributed by atoms with van der Waals surface area (Å²) in [5, 5.41) is 2.88. The fraction of sp³-hybridized carbons (Fsp3) is 0.364. The fourth-order valence-electron chi connectivity index (χ4n) is 3.05. The Balaban J connectivity index is 2.30. The summed E-state index contributed by atoms with van der Waals surface area (Å²) in [6.07, 6.45) is 1.16. The van der Waals surface area contributed by atoms with Gasteiger partial charge in [0.25, 0.3) is 5.91 Å². The van der Waals surface area contributed by atoms with E-state index in [2.05, 4.69) is 12.2 Å². The third kappa shape index (κ3) is 5.03. The van der Waals surface area contributed by atoms with Gasteiger partial charge in [-0.3, -0.25) is 9.59 Å². The minimum atomic E-state index is -0.230. The van der Waals surface area contributed by atoms with Crippen LogP contribution >= 0.6 is 0 Å². The number of rotatable bonds is 8. The molecule has 1 atom stereocenters. The van der Waals surface area contributed by atoms with E-state index in [1.54, 1.807) is 26.2 Å². The number of benzene rings is 2. The lowest BCUT2D eigenvalue weighted by molar-refractivity contribution is -0.116. The van der Waals surface area contributed by atoms with Crippen LogP contribution in [0.1, 0.15) is 41.6 Å². The van der Waals surface area contributed by atoms with E-state index in [0.29, 0.717) is 29.2 Å². The molecule has 0 aromatic heterocycles. The summed E-state index contributed by atoms with van der Waals surface area (Å²) in [4.78, 5) is 26.8. The molecule has 0 saturated carbocycles. The highest BCUT2D eigenvalue weighted by Gasteiger charge is 2.21. The molecule has 0 spiro atoms. The number of nitrogens with one attached hydrogen (secondary N) is 1. The first-order valence-corrected chi connectivity index (χ1v) is 9.23. The Labute approximate surface area is 166 Å². The standard InChI is InChI=1S/C22H28N2O4/c1-6-15(16-10-8-7-9-11-16)12-21(25)23-18-14-20(28-5)19(27-4)13-17(18)22(26)24(2)3/h7-11,13-15H,6,12H2,1-5H3,(H,23,25). The largest absolute Gasteiger partial charge is 0.493 e. The molecule has 0 aliphatic rings. The van der Waals surface area contributed by atoms with Gasteiger partial charge in [-0.2, -0.15) is 0 Å². The van der Waals surface area contributed by atoms with Gasteiger partial charge in [-0.1, -0.05) is 37.3 Å². The predicted molar refractivity (Wildman–Crippen MR) is 110 cm³/mol. The summed E-state index contributed by atoms with van der Waals surface area (Å²) in [5.41, 5.74) is 1.88. The molecule has 1 unspecified atom stereocenters. The predicted octanol–water partition coefficient (Wildman–Crippen LogP) is 3.93. The van der Waals surface area contributed by atoms with Crippen molar-refractivity contribution in [3.63, 3.8) is 0 Å². The molecule has 2 aromatic rings. The molecule has 6 heteroatoms. The lowest BCUT2D eigenvalue weighted by Gasteiger charge is -2.19. The summed E-state index contributed by atoms with van der Waals surface area (Å²) >= 11 is 0. The van der Waals surface area contributed by atoms with Crippen molar-refractivity contribution in [2.45, 2.75) is 25.7 Å². The van der Waals surface area contributed by atoms with Gasteiger partial charge in [0, 0.05) is 26.6 Å². The van der Waals surface area contributed by atoms with E-state index in [-0.39, 0.29) is 17.7 Å². The molecule has 28 heavy (non-hydrogen) atoms. The molecule has 150 valence electrons. The van der Waals surface area contributed by atoms with Crippen LogP contribution < -0.4 is 14.8 Å². The van der Waals surface area contributed by atoms with Crippen molar-refractivity contribution >= 4 is 17.5 Å². The normalized spacial score (nSPS) is 11.5. The number of hydrogen-bond acceptors (Lipinski definition) is 4. The van der Waals surface area contributed by atoms with E-state index in [1.807, 2.05) is 30.3 Å². The van der Waals surface area contributed by atoms with Crippen LogP contribution in [-0.4, -0.2) is 45.0 Å². The molecule has 1 N–H and O–H groups in total. The van der Waals surface area contributed by atoms with E-state index >= 15 is 0 Å². The molecule has 0 fully saturated rings. The average Bonchev–Trinajstić information content (AvgIpc) is 2.71. The Morgan fingerprint density at radius 3 is 2.18 bits per heavy atom. The van der Waals surface area contributed by atoms with Crippen molar-refractivity contribution in [1.29, 1.82) is 0 Å². The van der Waals surface area contributed by atoms with Gasteiger partial charge in [0.1, 0.15) is 0 Å². The summed E-state index contributed by atoms with van der Waals surface area (Å²) in [6, 6.07) is 13.2. The van der Waals surface area contributed by atoms with Gasteiger partial charge in [0.15, 0.2) is 11.5 Å². The van der Waals surface area contributed by atoms with Crippen LogP contribution in [0.5, 0.6) is 11.5 Å². The maximum absolute atomic E-state index is 12.7. The van der Waals surface area contributed by atoms with E-state index in [9.17, 15) is 9.59 Å². The maximum Gasteiger partial charge on any atom is 0.255 e.